The number of rotatable bonds is 13. The molecule has 2 aromatic carbocycles. The van der Waals surface area contributed by atoms with Crippen LogP contribution in [-0.2, 0) is 23.8 Å². The number of carbonyl (C=O) groups is 4. The van der Waals surface area contributed by atoms with Gasteiger partial charge >= 0.3 is 17.9 Å². The number of ether oxygens (including phenoxy) is 3. The number of unbranched alkanes of at least 4 members (excludes halogenated alkanes) is 2. The maximum absolute atomic E-state index is 12.9. The number of hydrogen-bond donors (Lipinski definition) is 0. The molecule has 7 nitrogen and oxygen atoms in total. The van der Waals surface area contributed by atoms with Gasteiger partial charge in [-0.25, -0.2) is 14.4 Å². The first-order chi connectivity index (χ1) is 18.4. The van der Waals surface area contributed by atoms with Crippen molar-refractivity contribution in [2.24, 2.45) is 11.8 Å². The number of esters is 3. The van der Waals surface area contributed by atoms with E-state index in [0.717, 1.165) is 19.3 Å². The Hall–Kier alpha value is -3.74. The Morgan fingerprint density at radius 2 is 1.32 bits per heavy atom. The van der Waals surface area contributed by atoms with Crippen molar-refractivity contribution in [1.29, 1.82) is 0 Å². The van der Waals surface area contributed by atoms with Crippen molar-refractivity contribution < 1.29 is 33.4 Å². The van der Waals surface area contributed by atoms with Gasteiger partial charge in [0.05, 0.1) is 18.2 Å². The second-order valence-corrected chi connectivity index (χ2v) is 9.63. The summed E-state index contributed by atoms with van der Waals surface area (Å²) in [6, 6.07) is 17.6. The lowest BCUT2D eigenvalue weighted by atomic mass is 9.85. The van der Waals surface area contributed by atoms with Crippen LogP contribution in [0.15, 0.2) is 72.8 Å². The molecular weight excluding hydrogens is 484 g/mol. The molecule has 0 amide bonds. The third-order valence-corrected chi connectivity index (χ3v) is 6.95. The number of ketones is 1. The zero-order chi connectivity index (χ0) is 27.3. The third-order valence-electron chi connectivity index (χ3n) is 6.95. The summed E-state index contributed by atoms with van der Waals surface area (Å²) >= 11 is 0. The minimum absolute atomic E-state index is 0.0644. The molecule has 3 rings (SSSR count). The van der Waals surface area contributed by atoms with Gasteiger partial charge in [-0.1, -0.05) is 48.9 Å². The second-order valence-electron chi connectivity index (χ2n) is 9.63. The van der Waals surface area contributed by atoms with Gasteiger partial charge in [-0.2, -0.15) is 0 Å². The normalized spacial score (nSPS) is 20.7. The van der Waals surface area contributed by atoms with Gasteiger partial charge < -0.3 is 19.0 Å². The van der Waals surface area contributed by atoms with Crippen molar-refractivity contribution in [1.82, 2.24) is 0 Å². The van der Waals surface area contributed by atoms with Crippen LogP contribution < -0.4 is 0 Å². The molecule has 0 N–H and O–H groups in total. The van der Waals surface area contributed by atoms with Crippen molar-refractivity contribution >= 4 is 23.7 Å². The molecular formula is C31H36O7. The number of Topliss-reactive ketones (excluding diaryl/α,β-unsaturated/α-hetero) is 1. The minimum atomic E-state index is -0.472. The average molecular weight is 521 g/mol. The van der Waals surface area contributed by atoms with E-state index in [-0.39, 0.29) is 23.6 Å². The van der Waals surface area contributed by atoms with Gasteiger partial charge in [-0.05, 0) is 56.9 Å². The number of methoxy groups -OCH3 is 1. The van der Waals surface area contributed by atoms with Crippen LogP contribution in [0, 0.1) is 11.8 Å². The molecule has 2 aromatic rings. The van der Waals surface area contributed by atoms with Crippen LogP contribution in [0.25, 0.3) is 0 Å². The average Bonchev–Trinajstić information content (AvgIpc) is 3.24. The van der Waals surface area contributed by atoms with E-state index in [0.29, 0.717) is 36.8 Å². The lowest BCUT2D eigenvalue weighted by molar-refractivity contribution is -0.134. The van der Waals surface area contributed by atoms with Gasteiger partial charge in [-0.3, -0.25) is 0 Å². The zero-order valence-electron chi connectivity index (χ0n) is 22.0. The Kier molecular flexibility index (Phi) is 11.3. The number of hydrogen-bond acceptors (Lipinski definition) is 7. The summed E-state index contributed by atoms with van der Waals surface area (Å²) in [5.41, 5.74) is 0.917. The van der Waals surface area contributed by atoms with Crippen LogP contribution in [-0.4, -0.2) is 43.0 Å². The van der Waals surface area contributed by atoms with E-state index in [4.69, 9.17) is 9.47 Å². The minimum Gasteiger partial charge on any atom is -0.466 e. The molecule has 1 aliphatic rings. The van der Waals surface area contributed by atoms with E-state index in [2.05, 4.69) is 4.74 Å². The molecule has 0 aromatic heterocycles. The first-order valence-corrected chi connectivity index (χ1v) is 13.1. The molecule has 0 aliphatic heterocycles. The Bertz CT molecular complexity index is 1090. The molecule has 0 spiro atoms. The summed E-state index contributed by atoms with van der Waals surface area (Å²) in [6.07, 6.45) is 6.67. The van der Waals surface area contributed by atoms with Crippen molar-refractivity contribution in [3.05, 3.63) is 83.9 Å². The van der Waals surface area contributed by atoms with Gasteiger partial charge in [-0.15, -0.1) is 0 Å². The summed E-state index contributed by atoms with van der Waals surface area (Å²) in [4.78, 5) is 49.0. The summed E-state index contributed by atoms with van der Waals surface area (Å²) in [5, 5.41) is 0. The molecule has 202 valence electrons. The van der Waals surface area contributed by atoms with Gasteiger partial charge in [0.2, 0.25) is 0 Å². The van der Waals surface area contributed by atoms with Gasteiger partial charge in [0.15, 0.2) is 0 Å². The standard InChI is InChI=1S/C31H36O7/c1-22(32)19-20-26-25(17-11-3-4-12-18-29(33)36-2)27(37-30(34)23-13-7-5-8-14-23)21-28(26)38-31(35)24-15-9-6-10-16-24/h5-10,12-16,18,25-28H,3-4,11,17,19-21H2,1-2H3/t25-,26-,27+,28-/m1/s1. The first kappa shape index (κ1) is 28.8. The maximum Gasteiger partial charge on any atom is 0.338 e. The summed E-state index contributed by atoms with van der Waals surface area (Å²) in [6.45, 7) is 1.55. The van der Waals surface area contributed by atoms with Crippen LogP contribution in [0.4, 0.5) is 0 Å². The van der Waals surface area contributed by atoms with E-state index >= 15 is 0 Å². The summed E-state index contributed by atoms with van der Waals surface area (Å²) in [7, 11) is 1.34. The fraction of sp³-hybridized carbons (Fsp3) is 0.419. The Balaban J connectivity index is 1.76. The summed E-state index contributed by atoms with van der Waals surface area (Å²) < 4.78 is 16.6. The van der Waals surface area contributed by atoms with Crippen LogP contribution in [0.1, 0.15) is 72.6 Å². The molecule has 7 heteroatoms. The maximum atomic E-state index is 12.9. The number of carbonyl (C=O) groups excluding carboxylic acids is 4. The lowest BCUT2D eigenvalue weighted by Crippen LogP contribution is -2.28. The van der Waals surface area contributed by atoms with Crippen molar-refractivity contribution in [3.63, 3.8) is 0 Å². The second kappa shape index (κ2) is 14.9. The van der Waals surface area contributed by atoms with E-state index in [1.165, 1.54) is 13.2 Å². The first-order valence-electron chi connectivity index (χ1n) is 13.1. The van der Waals surface area contributed by atoms with Crippen LogP contribution in [0.5, 0.6) is 0 Å². The smallest absolute Gasteiger partial charge is 0.338 e. The van der Waals surface area contributed by atoms with Crippen molar-refractivity contribution in [3.8, 4) is 0 Å². The van der Waals surface area contributed by atoms with Gasteiger partial charge in [0.25, 0.3) is 0 Å². The number of allylic oxidation sites excluding steroid dienone is 1. The molecule has 38 heavy (non-hydrogen) atoms. The van der Waals surface area contributed by atoms with Crippen LogP contribution in [0.2, 0.25) is 0 Å². The van der Waals surface area contributed by atoms with E-state index < -0.39 is 24.1 Å². The van der Waals surface area contributed by atoms with E-state index in [1.807, 2.05) is 12.1 Å². The molecule has 1 saturated carbocycles. The molecule has 0 unspecified atom stereocenters. The Labute approximate surface area is 224 Å². The van der Waals surface area contributed by atoms with E-state index in [1.54, 1.807) is 61.5 Å². The third kappa shape index (κ3) is 8.68. The van der Waals surface area contributed by atoms with Crippen molar-refractivity contribution in [2.45, 2.75) is 64.1 Å². The fourth-order valence-electron chi connectivity index (χ4n) is 5.02. The van der Waals surface area contributed by atoms with Crippen LogP contribution in [0.3, 0.4) is 0 Å². The molecule has 0 saturated heterocycles. The summed E-state index contributed by atoms with van der Waals surface area (Å²) in [5.74, 6) is -1.35. The van der Waals surface area contributed by atoms with Crippen molar-refractivity contribution in [2.75, 3.05) is 7.11 Å². The lowest BCUT2D eigenvalue weighted by Gasteiger charge is -2.26. The fourth-order valence-corrected chi connectivity index (χ4v) is 5.02. The molecule has 1 fully saturated rings. The Morgan fingerprint density at radius 1 is 0.789 bits per heavy atom. The topological polar surface area (TPSA) is 96.0 Å². The highest BCUT2D eigenvalue weighted by atomic mass is 16.6. The Morgan fingerprint density at radius 3 is 1.82 bits per heavy atom. The quantitative estimate of drug-likeness (QED) is 0.144. The van der Waals surface area contributed by atoms with Gasteiger partial charge in [0.1, 0.15) is 18.0 Å². The highest BCUT2D eigenvalue weighted by Gasteiger charge is 2.46. The highest BCUT2D eigenvalue weighted by molar-refractivity contribution is 5.90. The molecule has 1 aliphatic carbocycles. The SMILES string of the molecule is COC(=O)C=CCCCC[C@@H]1[C@@H](CCC(C)=O)[C@H](OC(=O)c2ccccc2)C[C@@H]1OC(=O)c1ccccc1. The molecule has 0 radical (unpaired) electrons. The highest BCUT2D eigenvalue weighted by Crippen LogP contribution is 2.42. The number of benzene rings is 2. The van der Waals surface area contributed by atoms with E-state index in [9.17, 15) is 19.2 Å². The monoisotopic (exact) mass is 520 g/mol. The predicted molar refractivity (Wildman–Crippen MR) is 142 cm³/mol. The van der Waals surface area contributed by atoms with Gasteiger partial charge in [0, 0.05) is 30.8 Å². The van der Waals surface area contributed by atoms with Crippen LogP contribution >= 0.6 is 0 Å². The molecule has 4 atom stereocenters. The molecule has 0 heterocycles. The zero-order valence-corrected chi connectivity index (χ0v) is 22.0. The largest absolute Gasteiger partial charge is 0.466 e. The molecule has 0 bridgehead atoms. The predicted octanol–water partition coefficient (Wildman–Crippen LogP) is 5.73.